The average molecular weight is 347 g/mol. The molecular weight excluding hydrogens is 330 g/mol. The summed E-state index contributed by atoms with van der Waals surface area (Å²) in [5.74, 6) is -2.20. The minimum atomic E-state index is -0.878. The summed E-state index contributed by atoms with van der Waals surface area (Å²) in [6.45, 7) is 0.274. The summed E-state index contributed by atoms with van der Waals surface area (Å²) in [5, 5.41) is 2.67. The van der Waals surface area contributed by atoms with E-state index in [0.717, 1.165) is 37.8 Å². The fourth-order valence-corrected chi connectivity index (χ4v) is 3.13. The molecule has 1 fully saturated rings. The van der Waals surface area contributed by atoms with Crippen LogP contribution in [-0.2, 0) is 0 Å². The van der Waals surface area contributed by atoms with Crippen LogP contribution in [0, 0.1) is 17.6 Å². The molecule has 1 saturated carbocycles. The highest BCUT2D eigenvalue weighted by molar-refractivity contribution is 9.10. The summed E-state index contributed by atoms with van der Waals surface area (Å²) in [5.41, 5.74) is 5.12. The number of amides is 1. The Labute approximate surface area is 125 Å². The van der Waals surface area contributed by atoms with Gasteiger partial charge in [-0.3, -0.25) is 4.79 Å². The van der Waals surface area contributed by atoms with E-state index in [4.69, 9.17) is 5.73 Å². The van der Waals surface area contributed by atoms with Crippen molar-refractivity contribution in [3.8, 4) is 0 Å². The summed E-state index contributed by atoms with van der Waals surface area (Å²) in [6, 6.07) is 1.92. The molecule has 20 heavy (non-hydrogen) atoms. The van der Waals surface area contributed by atoms with Crippen LogP contribution in [0.4, 0.5) is 8.78 Å². The van der Waals surface area contributed by atoms with E-state index in [-0.39, 0.29) is 17.1 Å². The third-order valence-electron chi connectivity index (χ3n) is 3.77. The van der Waals surface area contributed by atoms with Gasteiger partial charge in [0.05, 0.1) is 0 Å². The smallest absolute Gasteiger partial charge is 0.257 e. The molecule has 0 aromatic heterocycles. The maximum Gasteiger partial charge on any atom is 0.257 e. The molecular formula is C14H17BrF2N2O. The highest BCUT2D eigenvalue weighted by atomic mass is 79.9. The van der Waals surface area contributed by atoms with Gasteiger partial charge in [-0.25, -0.2) is 8.78 Å². The quantitative estimate of drug-likeness (QED) is 0.880. The number of hydrogen-bond donors (Lipinski definition) is 2. The number of nitrogens with one attached hydrogen (secondary N) is 1. The van der Waals surface area contributed by atoms with Gasteiger partial charge >= 0.3 is 0 Å². The van der Waals surface area contributed by atoms with Gasteiger partial charge in [0.25, 0.3) is 5.91 Å². The van der Waals surface area contributed by atoms with Crippen molar-refractivity contribution in [2.45, 2.75) is 31.7 Å². The van der Waals surface area contributed by atoms with E-state index in [1.807, 2.05) is 0 Å². The lowest BCUT2D eigenvalue weighted by atomic mass is 9.97. The van der Waals surface area contributed by atoms with Crippen LogP contribution < -0.4 is 11.1 Å². The fraction of sp³-hybridized carbons (Fsp3) is 0.500. The molecule has 1 atom stereocenters. The predicted octanol–water partition coefficient (Wildman–Crippen LogP) is 2.97. The molecule has 0 saturated heterocycles. The zero-order valence-corrected chi connectivity index (χ0v) is 12.6. The zero-order chi connectivity index (χ0) is 14.7. The lowest BCUT2D eigenvalue weighted by Crippen LogP contribution is -2.45. The Morgan fingerprint density at radius 2 is 1.90 bits per heavy atom. The number of rotatable bonds is 4. The Morgan fingerprint density at radius 3 is 2.40 bits per heavy atom. The minimum absolute atomic E-state index is 0.229. The number of carbonyl (C=O) groups is 1. The Bertz CT molecular complexity index is 481. The second-order valence-corrected chi connectivity index (χ2v) is 6.02. The monoisotopic (exact) mass is 346 g/mol. The second-order valence-electron chi connectivity index (χ2n) is 5.10. The fourth-order valence-electron chi connectivity index (χ4n) is 2.73. The average Bonchev–Trinajstić information content (AvgIpc) is 2.88. The molecule has 0 spiro atoms. The van der Waals surface area contributed by atoms with Gasteiger partial charge in [0.2, 0.25) is 0 Å². The van der Waals surface area contributed by atoms with Crippen LogP contribution in [0.5, 0.6) is 0 Å². The highest BCUT2D eigenvalue weighted by Gasteiger charge is 2.27. The Balaban J connectivity index is 2.14. The SMILES string of the molecule is NCC(NC(=O)c1c(F)cc(Br)cc1F)C1CCCC1. The Hall–Kier alpha value is -1.01. The third kappa shape index (κ3) is 3.35. The molecule has 1 aliphatic carbocycles. The van der Waals surface area contributed by atoms with Crippen molar-refractivity contribution in [2.24, 2.45) is 11.7 Å². The van der Waals surface area contributed by atoms with Crippen molar-refractivity contribution in [2.75, 3.05) is 6.54 Å². The van der Waals surface area contributed by atoms with E-state index >= 15 is 0 Å². The van der Waals surface area contributed by atoms with E-state index in [9.17, 15) is 13.6 Å². The van der Waals surface area contributed by atoms with Crippen molar-refractivity contribution in [3.05, 3.63) is 33.8 Å². The van der Waals surface area contributed by atoms with E-state index in [1.54, 1.807) is 0 Å². The van der Waals surface area contributed by atoms with E-state index in [2.05, 4.69) is 21.2 Å². The summed E-state index contributed by atoms with van der Waals surface area (Å²) in [6.07, 6.45) is 4.21. The molecule has 0 aliphatic heterocycles. The van der Waals surface area contributed by atoms with Gasteiger partial charge in [-0.1, -0.05) is 28.8 Å². The minimum Gasteiger partial charge on any atom is -0.348 e. The van der Waals surface area contributed by atoms with Gasteiger partial charge in [-0.05, 0) is 30.9 Å². The zero-order valence-electron chi connectivity index (χ0n) is 11.0. The van der Waals surface area contributed by atoms with Gasteiger partial charge in [-0.15, -0.1) is 0 Å². The first kappa shape index (κ1) is 15.4. The summed E-state index contributed by atoms with van der Waals surface area (Å²) >= 11 is 2.98. The van der Waals surface area contributed by atoms with Crippen LogP contribution >= 0.6 is 15.9 Å². The molecule has 6 heteroatoms. The van der Waals surface area contributed by atoms with Gasteiger partial charge in [-0.2, -0.15) is 0 Å². The molecule has 0 bridgehead atoms. The van der Waals surface area contributed by atoms with Crippen LogP contribution in [0.1, 0.15) is 36.0 Å². The Morgan fingerprint density at radius 1 is 1.35 bits per heavy atom. The number of benzene rings is 1. The third-order valence-corrected chi connectivity index (χ3v) is 4.23. The maximum atomic E-state index is 13.7. The largest absolute Gasteiger partial charge is 0.348 e. The number of hydrogen-bond acceptors (Lipinski definition) is 2. The first-order chi connectivity index (χ1) is 9.52. The number of carbonyl (C=O) groups excluding carboxylic acids is 1. The first-order valence-electron chi connectivity index (χ1n) is 6.68. The first-order valence-corrected chi connectivity index (χ1v) is 7.47. The molecule has 1 aromatic rings. The van der Waals surface area contributed by atoms with Gasteiger partial charge < -0.3 is 11.1 Å². The van der Waals surface area contributed by atoms with E-state index < -0.39 is 23.1 Å². The molecule has 1 aromatic carbocycles. The molecule has 0 heterocycles. The standard InChI is InChI=1S/C14H17BrF2N2O/c15-9-5-10(16)13(11(17)6-9)14(20)19-12(7-18)8-3-1-2-4-8/h5-6,8,12H,1-4,7,18H2,(H,19,20). The molecule has 1 amide bonds. The molecule has 3 N–H and O–H groups in total. The van der Waals surface area contributed by atoms with Crippen LogP contribution in [-0.4, -0.2) is 18.5 Å². The highest BCUT2D eigenvalue weighted by Crippen LogP contribution is 2.28. The molecule has 1 aliphatic rings. The summed E-state index contributed by atoms with van der Waals surface area (Å²) in [7, 11) is 0. The van der Waals surface area contributed by atoms with Gasteiger partial charge in [0.1, 0.15) is 17.2 Å². The molecule has 2 rings (SSSR count). The van der Waals surface area contributed by atoms with Crippen LogP contribution in [0.2, 0.25) is 0 Å². The van der Waals surface area contributed by atoms with Gasteiger partial charge in [0, 0.05) is 17.1 Å². The normalized spacial score (nSPS) is 17.2. The van der Waals surface area contributed by atoms with Crippen molar-refractivity contribution in [1.82, 2.24) is 5.32 Å². The maximum absolute atomic E-state index is 13.7. The molecule has 3 nitrogen and oxygen atoms in total. The number of nitrogens with two attached hydrogens (primary N) is 1. The molecule has 0 radical (unpaired) electrons. The summed E-state index contributed by atoms with van der Waals surface area (Å²) < 4.78 is 27.7. The van der Waals surface area contributed by atoms with E-state index in [1.165, 1.54) is 0 Å². The van der Waals surface area contributed by atoms with Crippen LogP contribution in [0.25, 0.3) is 0 Å². The van der Waals surface area contributed by atoms with Crippen LogP contribution in [0.15, 0.2) is 16.6 Å². The van der Waals surface area contributed by atoms with E-state index in [0.29, 0.717) is 5.92 Å². The van der Waals surface area contributed by atoms with Crippen LogP contribution in [0.3, 0.4) is 0 Å². The van der Waals surface area contributed by atoms with Crippen molar-refractivity contribution < 1.29 is 13.6 Å². The molecule has 110 valence electrons. The number of halogens is 3. The topological polar surface area (TPSA) is 55.1 Å². The second kappa shape index (κ2) is 6.63. The molecule has 1 unspecified atom stereocenters. The van der Waals surface area contributed by atoms with Crippen molar-refractivity contribution >= 4 is 21.8 Å². The lowest BCUT2D eigenvalue weighted by Gasteiger charge is -2.23. The Kier molecular flexibility index (Phi) is 5.10. The van der Waals surface area contributed by atoms with Crippen molar-refractivity contribution in [1.29, 1.82) is 0 Å². The predicted molar refractivity (Wildman–Crippen MR) is 76.3 cm³/mol. The van der Waals surface area contributed by atoms with Crippen molar-refractivity contribution in [3.63, 3.8) is 0 Å². The lowest BCUT2D eigenvalue weighted by molar-refractivity contribution is 0.0915. The summed E-state index contributed by atoms with van der Waals surface area (Å²) in [4.78, 5) is 12.1. The van der Waals surface area contributed by atoms with Gasteiger partial charge in [0.15, 0.2) is 0 Å².